The molecule has 1 aromatic carbocycles. The Bertz CT molecular complexity index is 582. The van der Waals surface area contributed by atoms with E-state index in [4.69, 9.17) is 9.47 Å². The molecule has 0 saturated carbocycles. The number of carbonyl (C=O) groups excluding carboxylic acids is 2. The Balaban J connectivity index is 2.06. The van der Waals surface area contributed by atoms with Gasteiger partial charge in [0.25, 0.3) is 0 Å². The van der Waals surface area contributed by atoms with Crippen LogP contribution in [0.15, 0.2) is 18.2 Å². The van der Waals surface area contributed by atoms with E-state index in [2.05, 4.69) is 10.1 Å². The van der Waals surface area contributed by atoms with E-state index in [1.807, 2.05) is 18.2 Å². The van der Waals surface area contributed by atoms with Crippen LogP contribution in [0.3, 0.4) is 0 Å². The van der Waals surface area contributed by atoms with Crippen molar-refractivity contribution in [2.24, 2.45) is 5.92 Å². The summed E-state index contributed by atoms with van der Waals surface area (Å²) in [5.41, 5.74) is -0.116. The molecule has 6 nitrogen and oxygen atoms in total. The van der Waals surface area contributed by atoms with Crippen molar-refractivity contribution in [2.45, 2.75) is 25.8 Å². The van der Waals surface area contributed by atoms with E-state index < -0.39 is 11.5 Å². The van der Waals surface area contributed by atoms with E-state index in [1.54, 1.807) is 21.0 Å². The molecule has 22 heavy (non-hydrogen) atoms. The van der Waals surface area contributed by atoms with E-state index in [0.29, 0.717) is 12.2 Å². The highest BCUT2D eigenvalue weighted by molar-refractivity contribution is 5.88. The Labute approximate surface area is 129 Å². The molecule has 1 atom stereocenters. The van der Waals surface area contributed by atoms with Crippen LogP contribution in [0.4, 0.5) is 0 Å². The van der Waals surface area contributed by atoms with Crippen LogP contribution in [-0.4, -0.2) is 38.2 Å². The van der Waals surface area contributed by atoms with Crippen LogP contribution in [0.2, 0.25) is 0 Å². The summed E-state index contributed by atoms with van der Waals surface area (Å²) in [4.78, 5) is 24.0. The van der Waals surface area contributed by atoms with Crippen LogP contribution in [0.1, 0.15) is 19.4 Å². The van der Waals surface area contributed by atoms with Gasteiger partial charge in [-0.3, -0.25) is 4.79 Å². The van der Waals surface area contributed by atoms with E-state index in [9.17, 15) is 9.59 Å². The zero-order valence-corrected chi connectivity index (χ0v) is 13.3. The van der Waals surface area contributed by atoms with Crippen molar-refractivity contribution in [1.29, 1.82) is 0 Å². The number of ether oxygens (including phenoxy) is 3. The molecule has 0 unspecified atom stereocenters. The molecule has 0 radical (unpaired) electrons. The molecule has 120 valence electrons. The van der Waals surface area contributed by atoms with E-state index in [1.165, 1.54) is 7.11 Å². The maximum Gasteiger partial charge on any atom is 0.330 e. The van der Waals surface area contributed by atoms with Gasteiger partial charge in [-0.15, -0.1) is 0 Å². The first kappa shape index (κ1) is 16.1. The van der Waals surface area contributed by atoms with Crippen molar-refractivity contribution in [2.75, 3.05) is 20.8 Å². The minimum atomic E-state index is -1.06. The number of hydrogen-bond donors (Lipinski definition) is 1. The molecule has 0 aromatic heterocycles. The van der Waals surface area contributed by atoms with Gasteiger partial charge in [0.05, 0.1) is 20.1 Å². The Morgan fingerprint density at radius 3 is 2.68 bits per heavy atom. The predicted molar refractivity (Wildman–Crippen MR) is 79.9 cm³/mol. The van der Waals surface area contributed by atoms with Crippen molar-refractivity contribution in [3.05, 3.63) is 23.8 Å². The average molecular weight is 307 g/mol. The highest BCUT2D eigenvalue weighted by Gasteiger charge is 2.34. The number of esters is 1. The predicted octanol–water partition coefficient (Wildman–Crippen LogP) is 1.31. The van der Waals surface area contributed by atoms with Gasteiger partial charge in [0.1, 0.15) is 23.6 Å². The lowest BCUT2D eigenvalue weighted by molar-refractivity contribution is -0.150. The lowest BCUT2D eigenvalue weighted by Crippen LogP contribution is -2.53. The molecule has 0 fully saturated rings. The van der Waals surface area contributed by atoms with Crippen LogP contribution in [-0.2, 0) is 20.7 Å². The summed E-state index contributed by atoms with van der Waals surface area (Å²) in [6.45, 7) is 3.49. The summed E-state index contributed by atoms with van der Waals surface area (Å²) >= 11 is 0. The second kappa shape index (κ2) is 6.25. The fraction of sp³-hybridized carbons (Fsp3) is 0.500. The molecule has 1 aromatic rings. The third-order valence-electron chi connectivity index (χ3n) is 3.68. The summed E-state index contributed by atoms with van der Waals surface area (Å²) in [6, 6.07) is 5.53. The first-order chi connectivity index (χ1) is 10.4. The normalized spacial score (nSPS) is 17.0. The van der Waals surface area contributed by atoms with Crippen LogP contribution in [0.5, 0.6) is 11.5 Å². The van der Waals surface area contributed by atoms with E-state index in [0.717, 1.165) is 11.3 Å². The number of carbonyl (C=O) groups is 2. The molecule has 0 bridgehead atoms. The smallest absolute Gasteiger partial charge is 0.330 e. The minimum Gasteiger partial charge on any atom is -0.497 e. The van der Waals surface area contributed by atoms with Crippen molar-refractivity contribution < 1.29 is 23.8 Å². The molecule has 0 spiro atoms. The highest BCUT2D eigenvalue weighted by Crippen LogP contribution is 2.31. The fourth-order valence-electron chi connectivity index (χ4n) is 2.36. The van der Waals surface area contributed by atoms with E-state index in [-0.39, 0.29) is 18.4 Å². The number of nitrogens with one attached hydrogen (secondary N) is 1. The zero-order chi connectivity index (χ0) is 16.3. The van der Waals surface area contributed by atoms with Gasteiger partial charge in [-0.25, -0.2) is 4.79 Å². The van der Waals surface area contributed by atoms with Gasteiger partial charge in [-0.2, -0.15) is 0 Å². The molecule has 1 aliphatic heterocycles. The second-order valence-electron chi connectivity index (χ2n) is 5.79. The Morgan fingerprint density at radius 2 is 2.05 bits per heavy atom. The summed E-state index contributed by atoms with van der Waals surface area (Å²) in [7, 11) is 2.89. The molecule has 0 saturated heterocycles. The molecule has 1 N–H and O–H groups in total. The third-order valence-corrected chi connectivity index (χ3v) is 3.68. The Hall–Kier alpha value is -2.24. The first-order valence-electron chi connectivity index (χ1n) is 7.07. The van der Waals surface area contributed by atoms with Crippen LogP contribution >= 0.6 is 0 Å². The Morgan fingerprint density at radius 1 is 1.32 bits per heavy atom. The van der Waals surface area contributed by atoms with Gasteiger partial charge in [0.2, 0.25) is 5.91 Å². The molecule has 1 amide bonds. The van der Waals surface area contributed by atoms with Crippen molar-refractivity contribution in [1.82, 2.24) is 5.32 Å². The molecular weight excluding hydrogens is 286 g/mol. The fourth-order valence-corrected chi connectivity index (χ4v) is 2.36. The number of fused-ring (bicyclic) bond motifs is 1. The minimum absolute atomic E-state index is 0.225. The number of benzene rings is 1. The van der Waals surface area contributed by atoms with Crippen molar-refractivity contribution in [3.63, 3.8) is 0 Å². The largest absolute Gasteiger partial charge is 0.497 e. The van der Waals surface area contributed by atoms with Gasteiger partial charge >= 0.3 is 5.97 Å². The maximum absolute atomic E-state index is 12.3. The standard InChI is InChI=1S/C16H21NO5/c1-16(2,15(19)21-4)17-14(18)11-7-10-5-6-12(20-3)8-13(10)22-9-11/h5-6,8,11H,7,9H2,1-4H3,(H,17,18)/t11-/m0/s1. The summed E-state index contributed by atoms with van der Waals surface area (Å²) < 4.78 is 15.5. The summed E-state index contributed by atoms with van der Waals surface area (Å²) in [5, 5.41) is 2.71. The third kappa shape index (κ3) is 3.32. The molecule has 6 heteroatoms. The van der Waals surface area contributed by atoms with Crippen molar-refractivity contribution >= 4 is 11.9 Å². The number of rotatable bonds is 4. The molecule has 1 aliphatic rings. The number of hydrogen-bond acceptors (Lipinski definition) is 5. The lowest BCUT2D eigenvalue weighted by atomic mass is 9.94. The summed E-state index contributed by atoms with van der Waals surface area (Å²) in [5.74, 6) is 0.397. The topological polar surface area (TPSA) is 73.9 Å². The quantitative estimate of drug-likeness (QED) is 0.849. The SMILES string of the molecule is COC(=O)C(C)(C)NC(=O)[C@@H]1COc2cc(OC)ccc2C1. The van der Waals surface area contributed by atoms with Gasteiger partial charge in [0, 0.05) is 6.07 Å². The number of amides is 1. The molecular formula is C16H21NO5. The van der Waals surface area contributed by atoms with Gasteiger partial charge in [-0.05, 0) is 31.9 Å². The van der Waals surface area contributed by atoms with Gasteiger partial charge in [0.15, 0.2) is 0 Å². The van der Waals surface area contributed by atoms with E-state index >= 15 is 0 Å². The van der Waals surface area contributed by atoms with Crippen LogP contribution < -0.4 is 14.8 Å². The average Bonchev–Trinajstić information content (AvgIpc) is 2.52. The number of methoxy groups -OCH3 is 2. The summed E-state index contributed by atoms with van der Waals surface area (Å²) in [6.07, 6.45) is 0.558. The van der Waals surface area contributed by atoms with Crippen LogP contribution in [0, 0.1) is 5.92 Å². The second-order valence-corrected chi connectivity index (χ2v) is 5.79. The lowest BCUT2D eigenvalue weighted by Gasteiger charge is -2.29. The monoisotopic (exact) mass is 307 g/mol. The van der Waals surface area contributed by atoms with Crippen molar-refractivity contribution in [3.8, 4) is 11.5 Å². The molecule has 1 heterocycles. The molecule has 2 rings (SSSR count). The highest BCUT2D eigenvalue weighted by atomic mass is 16.5. The maximum atomic E-state index is 12.3. The molecule has 0 aliphatic carbocycles. The van der Waals surface area contributed by atoms with Gasteiger partial charge < -0.3 is 19.5 Å². The zero-order valence-electron chi connectivity index (χ0n) is 13.3. The first-order valence-corrected chi connectivity index (χ1v) is 7.07. The van der Waals surface area contributed by atoms with Crippen LogP contribution in [0.25, 0.3) is 0 Å². The Kier molecular flexibility index (Phi) is 4.59. The van der Waals surface area contributed by atoms with Gasteiger partial charge in [-0.1, -0.05) is 6.07 Å².